The van der Waals surface area contributed by atoms with E-state index in [1.165, 1.54) is 12.1 Å². The third-order valence-corrected chi connectivity index (χ3v) is 4.56. The fraction of sp³-hybridized carbons (Fsp3) is 0.190. The van der Waals surface area contributed by atoms with Crippen molar-refractivity contribution in [3.8, 4) is 5.75 Å². The first kappa shape index (κ1) is 23.1. The van der Waals surface area contributed by atoms with Crippen LogP contribution in [0.3, 0.4) is 0 Å². The Morgan fingerprint density at radius 2 is 1.81 bits per heavy atom. The minimum Gasteiger partial charge on any atom is -0.484 e. The predicted molar refractivity (Wildman–Crippen MR) is 111 cm³/mol. The highest BCUT2D eigenvalue weighted by Crippen LogP contribution is 2.20. The van der Waals surface area contributed by atoms with Gasteiger partial charge in [-0.25, -0.2) is 18.2 Å². The SMILES string of the molecule is C=C(CCC(=O)NCc1nc2cc(F)c(F)cc2[nH]1)NC(=O)COc1ccc(Cl)c(F)c1. The molecule has 0 radical (unpaired) electrons. The first-order valence-electron chi connectivity index (χ1n) is 9.37. The van der Waals surface area contributed by atoms with Crippen LogP contribution in [0.25, 0.3) is 11.0 Å². The third-order valence-electron chi connectivity index (χ3n) is 4.26. The van der Waals surface area contributed by atoms with Gasteiger partial charge in [0.25, 0.3) is 5.91 Å². The number of carbonyl (C=O) groups excluding carboxylic acids is 2. The molecule has 0 spiro atoms. The van der Waals surface area contributed by atoms with Gasteiger partial charge in [0.15, 0.2) is 18.2 Å². The van der Waals surface area contributed by atoms with Crippen LogP contribution in [-0.4, -0.2) is 28.4 Å². The topological polar surface area (TPSA) is 96.1 Å². The van der Waals surface area contributed by atoms with Crippen molar-refractivity contribution in [3.63, 3.8) is 0 Å². The average Bonchev–Trinajstić information content (AvgIpc) is 3.13. The number of allylic oxidation sites excluding steroid dienone is 1. The van der Waals surface area contributed by atoms with E-state index in [2.05, 4.69) is 27.2 Å². The maximum Gasteiger partial charge on any atom is 0.262 e. The van der Waals surface area contributed by atoms with Gasteiger partial charge in [-0.1, -0.05) is 18.2 Å². The lowest BCUT2D eigenvalue weighted by Crippen LogP contribution is -2.29. The monoisotopic (exact) mass is 466 g/mol. The van der Waals surface area contributed by atoms with Gasteiger partial charge in [0, 0.05) is 30.3 Å². The summed E-state index contributed by atoms with van der Waals surface area (Å²) < 4.78 is 45.0. The summed E-state index contributed by atoms with van der Waals surface area (Å²) in [5.74, 6) is -3.06. The molecule has 0 saturated heterocycles. The number of halogens is 4. The summed E-state index contributed by atoms with van der Waals surface area (Å²) in [6, 6.07) is 5.75. The number of aromatic nitrogens is 2. The summed E-state index contributed by atoms with van der Waals surface area (Å²) in [4.78, 5) is 30.8. The zero-order chi connectivity index (χ0) is 23.3. The predicted octanol–water partition coefficient (Wildman–Crippen LogP) is 3.74. The van der Waals surface area contributed by atoms with Gasteiger partial charge in [0.05, 0.1) is 22.6 Å². The van der Waals surface area contributed by atoms with E-state index in [-0.39, 0.29) is 48.2 Å². The Labute approximate surface area is 185 Å². The van der Waals surface area contributed by atoms with Gasteiger partial charge in [-0.3, -0.25) is 9.59 Å². The van der Waals surface area contributed by atoms with Crippen LogP contribution in [-0.2, 0) is 16.1 Å². The second-order valence-electron chi connectivity index (χ2n) is 6.76. The summed E-state index contributed by atoms with van der Waals surface area (Å²) >= 11 is 5.57. The smallest absolute Gasteiger partial charge is 0.262 e. The lowest BCUT2D eigenvalue weighted by molar-refractivity contribution is -0.123. The molecule has 32 heavy (non-hydrogen) atoms. The molecule has 2 aromatic carbocycles. The van der Waals surface area contributed by atoms with Gasteiger partial charge < -0.3 is 20.4 Å². The van der Waals surface area contributed by atoms with Crippen molar-refractivity contribution in [2.24, 2.45) is 0 Å². The Kier molecular flexibility index (Phi) is 7.37. The highest BCUT2D eigenvalue weighted by Gasteiger charge is 2.11. The fourth-order valence-corrected chi connectivity index (χ4v) is 2.81. The van der Waals surface area contributed by atoms with Crippen LogP contribution in [0.15, 0.2) is 42.6 Å². The standard InChI is InChI=1S/C21H18ClF3N4O3/c1-11(27-21(31)10-32-12-3-4-13(22)14(23)6-12)2-5-20(30)26-9-19-28-17-7-15(24)16(25)8-18(17)29-19/h3-4,6-8H,1-2,5,9-10H2,(H,26,30)(H,27,31)(H,28,29). The molecular formula is C21H18ClF3N4O3. The Hall–Kier alpha value is -3.53. The number of carbonyl (C=O) groups is 2. The number of fused-ring (bicyclic) bond motifs is 1. The van der Waals surface area contributed by atoms with Gasteiger partial charge in [-0.15, -0.1) is 0 Å². The molecule has 3 N–H and O–H groups in total. The van der Waals surface area contributed by atoms with Crippen molar-refractivity contribution in [1.29, 1.82) is 0 Å². The van der Waals surface area contributed by atoms with Crippen LogP contribution in [0.2, 0.25) is 5.02 Å². The molecule has 0 fully saturated rings. The molecule has 0 aliphatic rings. The number of H-pyrrole nitrogens is 1. The van der Waals surface area contributed by atoms with Crippen LogP contribution in [0, 0.1) is 17.5 Å². The van der Waals surface area contributed by atoms with Gasteiger partial charge in [0.1, 0.15) is 17.4 Å². The van der Waals surface area contributed by atoms with Crippen molar-refractivity contribution in [2.45, 2.75) is 19.4 Å². The van der Waals surface area contributed by atoms with Gasteiger partial charge in [0.2, 0.25) is 5.91 Å². The van der Waals surface area contributed by atoms with E-state index >= 15 is 0 Å². The molecule has 168 valence electrons. The molecule has 0 aliphatic heterocycles. The Morgan fingerprint density at radius 1 is 1.06 bits per heavy atom. The van der Waals surface area contributed by atoms with E-state index in [1.807, 2.05) is 0 Å². The molecular weight excluding hydrogens is 449 g/mol. The molecule has 0 atom stereocenters. The van der Waals surface area contributed by atoms with E-state index in [1.54, 1.807) is 0 Å². The zero-order valence-corrected chi connectivity index (χ0v) is 17.4. The van der Waals surface area contributed by atoms with Crippen molar-refractivity contribution in [2.75, 3.05) is 6.61 Å². The highest BCUT2D eigenvalue weighted by atomic mass is 35.5. The highest BCUT2D eigenvalue weighted by molar-refractivity contribution is 6.30. The summed E-state index contributed by atoms with van der Waals surface area (Å²) in [5, 5.41) is 5.04. The minimum absolute atomic E-state index is 0.0288. The molecule has 1 heterocycles. The largest absolute Gasteiger partial charge is 0.484 e. The molecule has 11 heteroatoms. The zero-order valence-electron chi connectivity index (χ0n) is 16.6. The molecule has 7 nitrogen and oxygen atoms in total. The number of amides is 2. The number of hydrogen-bond acceptors (Lipinski definition) is 4. The van der Waals surface area contributed by atoms with Crippen LogP contribution in [0.5, 0.6) is 5.75 Å². The van der Waals surface area contributed by atoms with E-state index in [0.29, 0.717) is 17.0 Å². The van der Waals surface area contributed by atoms with Crippen LogP contribution < -0.4 is 15.4 Å². The van der Waals surface area contributed by atoms with Gasteiger partial charge >= 0.3 is 0 Å². The average molecular weight is 467 g/mol. The van der Waals surface area contributed by atoms with Crippen molar-refractivity contribution in [1.82, 2.24) is 20.6 Å². The fourth-order valence-electron chi connectivity index (χ4n) is 2.69. The Balaban J connectivity index is 1.38. The van der Waals surface area contributed by atoms with E-state index in [0.717, 1.165) is 18.2 Å². The lowest BCUT2D eigenvalue weighted by Gasteiger charge is -2.10. The van der Waals surface area contributed by atoms with Crippen LogP contribution >= 0.6 is 11.6 Å². The van der Waals surface area contributed by atoms with Gasteiger partial charge in [-0.05, 0) is 18.6 Å². The summed E-state index contributed by atoms with van der Waals surface area (Å²) in [7, 11) is 0. The van der Waals surface area contributed by atoms with Crippen molar-refractivity contribution < 1.29 is 27.5 Å². The maximum absolute atomic E-state index is 13.3. The molecule has 0 saturated carbocycles. The van der Waals surface area contributed by atoms with Crippen molar-refractivity contribution in [3.05, 3.63) is 70.9 Å². The normalized spacial score (nSPS) is 10.8. The first-order valence-corrected chi connectivity index (χ1v) is 9.75. The van der Waals surface area contributed by atoms with E-state index in [4.69, 9.17) is 16.3 Å². The minimum atomic E-state index is -1.01. The van der Waals surface area contributed by atoms with Crippen LogP contribution in [0.4, 0.5) is 13.2 Å². The van der Waals surface area contributed by atoms with Gasteiger partial charge in [-0.2, -0.15) is 0 Å². The number of rotatable bonds is 9. The second-order valence-corrected chi connectivity index (χ2v) is 7.17. The van der Waals surface area contributed by atoms with E-state index < -0.39 is 23.4 Å². The molecule has 0 bridgehead atoms. The number of hydrogen-bond donors (Lipinski definition) is 3. The number of ether oxygens (including phenoxy) is 1. The molecule has 2 amide bonds. The summed E-state index contributed by atoms with van der Waals surface area (Å²) in [6.07, 6.45) is 0.204. The van der Waals surface area contributed by atoms with E-state index in [9.17, 15) is 22.8 Å². The number of benzene rings is 2. The first-order chi connectivity index (χ1) is 15.2. The second kappa shape index (κ2) is 10.2. The maximum atomic E-state index is 13.3. The molecule has 3 rings (SSSR count). The summed E-state index contributed by atoms with van der Waals surface area (Å²) in [6.45, 7) is 3.33. The quantitative estimate of drug-likeness (QED) is 0.447. The number of imidazole rings is 1. The molecule has 0 aliphatic carbocycles. The summed E-state index contributed by atoms with van der Waals surface area (Å²) in [5.41, 5.74) is 0.853. The van der Waals surface area contributed by atoms with Crippen LogP contribution in [0.1, 0.15) is 18.7 Å². The number of aromatic amines is 1. The third kappa shape index (κ3) is 6.24. The molecule has 1 aromatic heterocycles. The number of nitrogens with zero attached hydrogens (tertiary/aromatic N) is 1. The molecule has 0 unspecified atom stereocenters. The Morgan fingerprint density at radius 3 is 2.56 bits per heavy atom. The Bertz CT molecular complexity index is 1140. The number of nitrogens with one attached hydrogen (secondary N) is 3. The van der Waals surface area contributed by atoms with Crippen molar-refractivity contribution >= 4 is 34.4 Å². The lowest BCUT2D eigenvalue weighted by atomic mass is 10.2. The molecule has 3 aromatic rings.